The number of nitrogens with one attached hydrogen (secondary N) is 2. The second kappa shape index (κ2) is 13.1. The number of hydrogen-bond acceptors (Lipinski definition) is 11. The first-order valence-electron chi connectivity index (χ1n) is 11.8. The van der Waals surface area contributed by atoms with E-state index in [9.17, 15) is 37.1 Å². The number of fused-ring (bicyclic) bond motifs is 1. The van der Waals surface area contributed by atoms with Crippen molar-refractivity contribution < 1.29 is 51.7 Å². The molecular formula is C25H22F3N5O8S. The fourth-order valence-electron chi connectivity index (χ4n) is 3.50. The second-order valence-electron chi connectivity index (χ2n) is 8.66. The van der Waals surface area contributed by atoms with Gasteiger partial charge < -0.3 is 31.4 Å². The number of amidine groups is 1. The molecule has 0 aliphatic heterocycles. The van der Waals surface area contributed by atoms with Gasteiger partial charge in [-0.2, -0.15) is 13.2 Å². The number of nitrogens with two attached hydrogens (primary N) is 2. The van der Waals surface area contributed by atoms with E-state index in [1.165, 1.54) is 30.3 Å². The van der Waals surface area contributed by atoms with Crippen molar-refractivity contribution in [2.45, 2.75) is 31.5 Å². The van der Waals surface area contributed by atoms with Gasteiger partial charge in [0.1, 0.15) is 18.2 Å². The molecule has 1 atom stereocenters. The van der Waals surface area contributed by atoms with Crippen molar-refractivity contribution in [3.63, 3.8) is 0 Å². The number of carbonyl (C=O) groups excluding carboxylic acids is 4. The predicted octanol–water partition coefficient (Wildman–Crippen LogP) is 1.95. The number of alkyl halides is 3. The van der Waals surface area contributed by atoms with Crippen molar-refractivity contribution in [2.24, 2.45) is 5.73 Å². The van der Waals surface area contributed by atoms with E-state index in [1.54, 1.807) is 6.07 Å². The molecule has 0 unspecified atom stereocenters. The molecule has 0 bridgehead atoms. The Balaban J connectivity index is 1.82. The minimum absolute atomic E-state index is 0.0760. The summed E-state index contributed by atoms with van der Waals surface area (Å²) in [5, 5.41) is 19.4. The van der Waals surface area contributed by atoms with Crippen molar-refractivity contribution in [1.82, 2.24) is 10.3 Å². The largest absolute Gasteiger partial charge is 0.491 e. The summed E-state index contributed by atoms with van der Waals surface area (Å²) in [6.45, 7) is -0.447. The molecule has 2 aromatic carbocycles. The number of carbonyl (C=O) groups is 5. The molecule has 0 saturated carbocycles. The zero-order valence-corrected chi connectivity index (χ0v) is 22.1. The normalized spacial score (nSPS) is 11.9. The summed E-state index contributed by atoms with van der Waals surface area (Å²) in [5.41, 5.74) is 12.1. The Morgan fingerprint density at radius 1 is 1.10 bits per heavy atom. The molecule has 0 radical (unpaired) electrons. The van der Waals surface area contributed by atoms with Crippen LogP contribution in [-0.2, 0) is 30.3 Å². The summed E-state index contributed by atoms with van der Waals surface area (Å²) in [6, 6.07) is 7.32. The van der Waals surface area contributed by atoms with E-state index in [0.29, 0.717) is 10.2 Å². The molecule has 0 aliphatic carbocycles. The number of nitrogens with zero attached hydrogens (tertiary/aromatic N) is 1. The highest BCUT2D eigenvalue weighted by atomic mass is 32.1. The number of ether oxygens (including phenoxy) is 2. The Morgan fingerprint density at radius 3 is 2.43 bits per heavy atom. The van der Waals surface area contributed by atoms with Crippen LogP contribution in [0.5, 0.6) is 5.75 Å². The second-order valence-corrected chi connectivity index (χ2v) is 9.72. The Hall–Kier alpha value is -5.06. The van der Waals surface area contributed by atoms with Gasteiger partial charge in [0.25, 0.3) is 5.91 Å². The average molecular weight is 610 g/mol. The fraction of sp³-hybridized carbons (Fsp3) is 0.240. The van der Waals surface area contributed by atoms with Crippen LogP contribution in [0.1, 0.15) is 34.3 Å². The summed E-state index contributed by atoms with van der Waals surface area (Å²) < 4.78 is 47.5. The highest BCUT2D eigenvalue weighted by Crippen LogP contribution is 2.25. The molecule has 0 saturated heterocycles. The fourth-order valence-corrected chi connectivity index (χ4v) is 4.27. The Morgan fingerprint density at radius 2 is 1.79 bits per heavy atom. The summed E-state index contributed by atoms with van der Waals surface area (Å²) in [4.78, 5) is 62.8. The third kappa shape index (κ3) is 8.47. The van der Waals surface area contributed by atoms with Gasteiger partial charge in [0.05, 0.1) is 16.3 Å². The molecule has 3 rings (SSSR count). The van der Waals surface area contributed by atoms with Crippen LogP contribution in [0, 0.1) is 5.41 Å². The van der Waals surface area contributed by atoms with Crippen LogP contribution in [0.4, 0.5) is 18.3 Å². The molecule has 3 aromatic rings. The van der Waals surface area contributed by atoms with Crippen LogP contribution >= 0.6 is 11.3 Å². The van der Waals surface area contributed by atoms with Gasteiger partial charge in [0, 0.05) is 29.5 Å². The van der Waals surface area contributed by atoms with Gasteiger partial charge in [-0.3, -0.25) is 19.8 Å². The van der Waals surface area contributed by atoms with E-state index >= 15 is 0 Å². The minimum atomic E-state index is -5.39. The molecule has 13 nitrogen and oxygen atoms in total. The molecule has 0 aliphatic rings. The average Bonchev–Trinajstić information content (AvgIpc) is 3.29. The zero-order valence-electron chi connectivity index (χ0n) is 21.3. The van der Waals surface area contributed by atoms with Gasteiger partial charge in [-0.1, -0.05) is 23.5 Å². The van der Waals surface area contributed by atoms with Crippen LogP contribution in [0.15, 0.2) is 36.4 Å². The molecule has 17 heteroatoms. The van der Waals surface area contributed by atoms with Gasteiger partial charge in [-0.25, -0.2) is 14.6 Å². The Kier molecular flexibility index (Phi) is 9.79. The number of carboxylic acids is 1. The number of esters is 2. The first-order chi connectivity index (χ1) is 19.6. The number of benzene rings is 2. The van der Waals surface area contributed by atoms with Crippen molar-refractivity contribution in [2.75, 3.05) is 12.3 Å². The molecule has 0 spiro atoms. The number of anilines is 1. The van der Waals surface area contributed by atoms with Crippen LogP contribution in [0.2, 0.25) is 0 Å². The summed E-state index contributed by atoms with van der Waals surface area (Å²) >= 11 is 1.12. The van der Waals surface area contributed by atoms with Crippen LogP contribution < -0.4 is 21.5 Å². The molecule has 42 heavy (non-hydrogen) atoms. The molecule has 222 valence electrons. The molecule has 1 heterocycles. The molecule has 7 N–H and O–H groups in total. The summed E-state index contributed by atoms with van der Waals surface area (Å²) in [7, 11) is 0. The number of aromatic nitrogens is 1. The quantitative estimate of drug-likeness (QED) is 0.0656. The first kappa shape index (κ1) is 31.5. The Labute approximate surface area is 238 Å². The maximum atomic E-state index is 13.0. The first-order valence-corrected chi connectivity index (χ1v) is 12.6. The lowest BCUT2D eigenvalue weighted by molar-refractivity contribution is -0.201. The van der Waals surface area contributed by atoms with Crippen molar-refractivity contribution in [1.29, 1.82) is 5.41 Å². The number of thiazole rings is 1. The maximum Gasteiger partial charge on any atom is 0.491 e. The van der Waals surface area contributed by atoms with E-state index in [-0.39, 0.29) is 39.8 Å². The van der Waals surface area contributed by atoms with Gasteiger partial charge >= 0.3 is 24.1 Å². The standard InChI is InChI=1S/C25H22F3N5O8S/c26-25(27,28)23(39)41-19(35)6-4-14(32-21(36)13-3-5-15-18(9-13)42-24(31)33-15)10-40-17-8-12(20(29)30)2-1-11(17)7-16(34)22(37)38/h1-3,5,8-9,14H,4,6-7,10H2,(H3,29,30)(H2,31,33)(H,32,36)(H,37,38)/t14-/m1/s1. The van der Waals surface area contributed by atoms with Crippen molar-refractivity contribution in [3.05, 3.63) is 53.1 Å². The van der Waals surface area contributed by atoms with E-state index < -0.39 is 61.3 Å². The lowest BCUT2D eigenvalue weighted by Crippen LogP contribution is -2.40. The summed E-state index contributed by atoms with van der Waals surface area (Å²) in [5.74, 6) is -8.20. The highest BCUT2D eigenvalue weighted by molar-refractivity contribution is 7.22. The van der Waals surface area contributed by atoms with Gasteiger partial charge in [-0.05, 0) is 30.7 Å². The number of amides is 1. The molecular weight excluding hydrogens is 587 g/mol. The third-order valence-corrected chi connectivity index (χ3v) is 6.39. The van der Waals surface area contributed by atoms with Gasteiger partial charge in [-0.15, -0.1) is 0 Å². The smallest absolute Gasteiger partial charge is 0.491 e. The van der Waals surface area contributed by atoms with Crippen molar-refractivity contribution in [3.8, 4) is 5.75 Å². The van der Waals surface area contributed by atoms with E-state index in [1.807, 2.05) is 0 Å². The van der Waals surface area contributed by atoms with Crippen LogP contribution in [-0.4, -0.2) is 64.3 Å². The Bertz CT molecular complexity index is 1570. The van der Waals surface area contributed by atoms with E-state index in [0.717, 1.165) is 11.3 Å². The third-order valence-electron chi connectivity index (χ3n) is 5.55. The highest BCUT2D eigenvalue weighted by Gasteiger charge is 2.42. The maximum absolute atomic E-state index is 13.0. The molecule has 1 aromatic heterocycles. The number of hydrogen-bond donors (Lipinski definition) is 5. The van der Waals surface area contributed by atoms with Crippen LogP contribution in [0.25, 0.3) is 10.2 Å². The van der Waals surface area contributed by atoms with Crippen molar-refractivity contribution >= 4 is 62.1 Å². The zero-order chi connectivity index (χ0) is 31.2. The summed E-state index contributed by atoms with van der Waals surface area (Å²) in [6.07, 6.45) is -7.08. The van der Waals surface area contributed by atoms with Gasteiger partial charge in [0.15, 0.2) is 5.13 Å². The molecule has 1 amide bonds. The number of ketones is 1. The number of nitrogen functional groups attached to an aromatic ring is 2. The number of halogens is 3. The monoisotopic (exact) mass is 609 g/mol. The number of aliphatic carboxylic acids is 1. The van der Waals surface area contributed by atoms with Gasteiger partial charge in [0.2, 0.25) is 5.78 Å². The topological polar surface area (TPSA) is 225 Å². The lowest BCUT2D eigenvalue weighted by atomic mass is 10.0. The van der Waals surface area contributed by atoms with E-state index in [2.05, 4.69) is 15.0 Å². The number of carboxylic acid groups (broad SMARTS) is 1. The number of rotatable bonds is 12. The van der Waals surface area contributed by atoms with Crippen LogP contribution in [0.3, 0.4) is 0 Å². The lowest BCUT2D eigenvalue weighted by Gasteiger charge is -2.21. The van der Waals surface area contributed by atoms with E-state index in [4.69, 9.17) is 26.7 Å². The number of Topliss-reactive ketones (excluding diaryl/α,β-unsaturated/α-hetero) is 1. The molecule has 0 fully saturated rings. The SMILES string of the molecule is N=C(N)c1ccc(CC(=O)C(=O)O)c(OC[C@@H](CCC(=O)OC(=O)C(F)(F)F)NC(=O)c2ccc3nc(N)sc3c2)c1. The predicted molar refractivity (Wildman–Crippen MR) is 141 cm³/mol. The minimum Gasteiger partial charge on any atom is -0.491 e.